The maximum absolute atomic E-state index is 12.0. The lowest BCUT2D eigenvalue weighted by atomic mass is 10.2. The molecule has 0 aliphatic carbocycles. The second-order valence-electron chi connectivity index (χ2n) is 3.66. The number of halogens is 2. The Morgan fingerprint density at radius 1 is 1.26 bits per heavy atom. The molecule has 1 N–H and O–H groups in total. The lowest BCUT2D eigenvalue weighted by molar-refractivity contribution is 0.102. The van der Waals surface area contributed by atoms with Crippen LogP contribution in [0.4, 0.5) is 5.69 Å². The molecule has 1 aromatic heterocycles. The van der Waals surface area contributed by atoms with Crippen molar-refractivity contribution >= 4 is 34.8 Å². The van der Waals surface area contributed by atoms with Gasteiger partial charge in [-0.3, -0.25) is 4.79 Å². The van der Waals surface area contributed by atoms with Gasteiger partial charge in [0.1, 0.15) is 16.1 Å². The lowest BCUT2D eigenvalue weighted by Crippen LogP contribution is -2.13. The highest BCUT2D eigenvalue weighted by atomic mass is 35.5. The van der Waals surface area contributed by atoms with Gasteiger partial charge in [-0.1, -0.05) is 29.3 Å². The van der Waals surface area contributed by atoms with Crippen molar-refractivity contribution in [2.45, 2.75) is 0 Å². The molecule has 98 valence electrons. The van der Waals surface area contributed by atoms with E-state index < -0.39 is 0 Å². The Kier molecular flexibility index (Phi) is 4.24. The zero-order valence-corrected chi connectivity index (χ0v) is 11.5. The van der Waals surface area contributed by atoms with Crippen LogP contribution in [-0.4, -0.2) is 18.0 Å². The van der Waals surface area contributed by atoms with Crippen molar-refractivity contribution < 1.29 is 9.53 Å². The summed E-state index contributed by atoms with van der Waals surface area (Å²) in [6.45, 7) is 0. The third-order valence-corrected chi connectivity index (χ3v) is 2.89. The van der Waals surface area contributed by atoms with Crippen molar-refractivity contribution in [1.29, 1.82) is 0 Å². The number of hydrogen-bond donors (Lipinski definition) is 1. The molecule has 6 heteroatoms. The number of ether oxygens (including phenoxy) is 1. The normalized spacial score (nSPS) is 10.1. The van der Waals surface area contributed by atoms with Gasteiger partial charge in [-0.25, -0.2) is 4.98 Å². The second kappa shape index (κ2) is 5.91. The Hall–Kier alpha value is -1.78. The predicted octanol–water partition coefficient (Wildman–Crippen LogP) is 3.65. The highest BCUT2D eigenvalue weighted by Gasteiger charge is 2.12. The zero-order chi connectivity index (χ0) is 13.8. The summed E-state index contributed by atoms with van der Waals surface area (Å²) in [5, 5.41) is 3.01. The van der Waals surface area contributed by atoms with Gasteiger partial charge in [0.25, 0.3) is 5.91 Å². The van der Waals surface area contributed by atoms with Gasteiger partial charge in [0.2, 0.25) is 0 Å². The Morgan fingerprint density at radius 2 is 2.05 bits per heavy atom. The van der Waals surface area contributed by atoms with Crippen molar-refractivity contribution in [1.82, 2.24) is 4.98 Å². The number of carbonyl (C=O) groups excluding carboxylic acids is 1. The highest BCUT2D eigenvalue weighted by Crippen LogP contribution is 2.20. The number of pyridine rings is 1. The number of rotatable bonds is 3. The smallest absolute Gasteiger partial charge is 0.258 e. The molecule has 1 aromatic carbocycles. The summed E-state index contributed by atoms with van der Waals surface area (Å²) in [4.78, 5) is 15.8. The number of amides is 1. The SMILES string of the molecule is COc1cccc(NC(=O)c2ccc(Cl)nc2Cl)c1. The van der Waals surface area contributed by atoms with Crippen molar-refractivity contribution in [3.63, 3.8) is 0 Å². The van der Waals surface area contributed by atoms with Crippen LogP contribution >= 0.6 is 23.2 Å². The fourth-order valence-corrected chi connectivity index (χ4v) is 1.91. The number of methoxy groups -OCH3 is 1. The maximum atomic E-state index is 12.0. The first-order valence-corrected chi connectivity index (χ1v) is 6.13. The van der Waals surface area contributed by atoms with Gasteiger partial charge in [-0.15, -0.1) is 0 Å². The van der Waals surface area contributed by atoms with Crippen molar-refractivity contribution in [2.75, 3.05) is 12.4 Å². The average Bonchev–Trinajstić information content (AvgIpc) is 2.38. The third-order valence-electron chi connectivity index (χ3n) is 2.39. The van der Waals surface area contributed by atoms with Gasteiger partial charge in [0, 0.05) is 11.8 Å². The molecule has 0 saturated heterocycles. The molecular weight excluding hydrogens is 287 g/mol. The number of anilines is 1. The molecule has 0 aliphatic rings. The number of aromatic nitrogens is 1. The fourth-order valence-electron chi connectivity index (χ4n) is 1.48. The standard InChI is InChI=1S/C13H10Cl2N2O2/c1-19-9-4-2-3-8(7-9)16-13(18)10-5-6-11(14)17-12(10)15/h2-7H,1H3,(H,16,18). The average molecular weight is 297 g/mol. The molecule has 0 atom stereocenters. The van der Waals surface area contributed by atoms with Crippen molar-refractivity contribution in [3.05, 3.63) is 52.3 Å². The molecule has 4 nitrogen and oxygen atoms in total. The first-order chi connectivity index (χ1) is 9.10. The largest absolute Gasteiger partial charge is 0.497 e. The molecule has 0 fully saturated rings. The van der Waals surface area contributed by atoms with E-state index in [9.17, 15) is 4.79 Å². The first-order valence-electron chi connectivity index (χ1n) is 5.37. The number of nitrogens with one attached hydrogen (secondary N) is 1. The van der Waals surface area contributed by atoms with E-state index in [0.717, 1.165) is 0 Å². The quantitative estimate of drug-likeness (QED) is 0.880. The van der Waals surface area contributed by atoms with Crippen LogP contribution in [0, 0.1) is 0 Å². The van der Waals surface area contributed by atoms with E-state index in [0.29, 0.717) is 11.4 Å². The van der Waals surface area contributed by atoms with Crippen LogP contribution in [0.5, 0.6) is 5.75 Å². The van der Waals surface area contributed by atoms with E-state index in [2.05, 4.69) is 10.3 Å². The van der Waals surface area contributed by atoms with E-state index in [1.165, 1.54) is 12.1 Å². The van der Waals surface area contributed by atoms with Crippen LogP contribution in [0.3, 0.4) is 0 Å². The van der Waals surface area contributed by atoms with Gasteiger partial charge in [0.05, 0.1) is 12.7 Å². The van der Waals surface area contributed by atoms with E-state index in [1.807, 2.05) is 0 Å². The monoisotopic (exact) mass is 296 g/mol. The van der Waals surface area contributed by atoms with Crippen LogP contribution in [0.1, 0.15) is 10.4 Å². The molecule has 0 spiro atoms. The van der Waals surface area contributed by atoms with E-state index >= 15 is 0 Å². The molecule has 0 saturated carbocycles. The summed E-state index contributed by atoms with van der Waals surface area (Å²) in [6, 6.07) is 10.0. The Bertz CT molecular complexity index is 617. The minimum absolute atomic E-state index is 0.0629. The molecule has 1 heterocycles. The molecule has 0 unspecified atom stereocenters. The molecule has 19 heavy (non-hydrogen) atoms. The van der Waals surface area contributed by atoms with Crippen molar-refractivity contribution in [2.24, 2.45) is 0 Å². The van der Waals surface area contributed by atoms with Crippen LogP contribution in [0.25, 0.3) is 0 Å². The van der Waals surface area contributed by atoms with Gasteiger partial charge in [-0.2, -0.15) is 0 Å². The van der Waals surface area contributed by atoms with E-state index in [-0.39, 0.29) is 21.8 Å². The van der Waals surface area contributed by atoms with Crippen LogP contribution in [0.15, 0.2) is 36.4 Å². The number of carbonyl (C=O) groups is 1. The summed E-state index contributed by atoms with van der Waals surface area (Å²) in [6.07, 6.45) is 0. The van der Waals surface area contributed by atoms with Gasteiger partial charge in [0.15, 0.2) is 0 Å². The molecule has 2 aromatic rings. The molecule has 1 amide bonds. The number of benzene rings is 1. The summed E-state index contributed by atoms with van der Waals surface area (Å²) >= 11 is 11.5. The van der Waals surface area contributed by atoms with Crippen molar-refractivity contribution in [3.8, 4) is 5.75 Å². The first kappa shape index (κ1) is 13.6. The summed E-state index contributed by atoms with van der Waals surface area (Å²) in [5.41, 5.74) is 0.865. The van der Waals surface area contributed by atoms with Gasteiger partial charge in [-0.05, 0) is 24.3 Å². The van der Waals surface area contributed by atoms with Gasteiger partial charge >= 0.3 is 0 Å². The third kappa shape index (κ3) is 3.36. The number of nitrogens with zero attached hydrogens (tertiary/aromatic N) is 1. The molecule has 0 radical (unpaired) electrons. The fraction of sp³-hybridized carbons (Fsp3) is 0.0769. The van der Waals surface area contributed by atoms with Crippen LogP contribution in [0.2, 0.25) is 10.3 Å². The summed E-state index contributed by atoms with van der Waals surface area (Å²) < 4.78 is 5.07. The molecular formula is C13H10Cl2N2O2. The highest BCUT2D eigenvalue weighted by molar-refractivity contribution is 6.35. The topological polar surface area (TPSA) is 51.2 Å². The Labute approximate surface area is 120 Å². The molecule has 0 aliphatic heterocycles. The molecule has 2 rings (SSSR count). The minimum Gasteiger partial charge on any atom is -0.497 e. The Morgan fingerprint density at radius 3 is 2.74 bits per heavy atom. The zero-order valence-electron chi connectivity index (χ0n) is 9.98. The minimum atomic E-state index is -0.359. The predicted molar refractivity (Wildman–Crippen MR) is 75.2 cm³/mol. The maximum Gasteiger partial charge on any atom is 0.258 e. The number of hydrogen-bond acceptors (Lipinski definition) is 3. The molecule has 0 bridgehead atoms. The lowest BCUT2D eigenvalue weighted by Gasteiger charge is -2.07. The second-order valence-corrected chi connectivity index (χ2v) is 4.40. The van der Waals surface area contributed by atoms with Gasteiger partial charge < -0.3 is 10.1 Å². The van der Waals surface area contributed by atoms with E-state index in [4.69, 9.17) is 27.9 Å². The summed E-state index contributed by atoms with van der Waals surface area (Å²) in [7, 11) is 1.56. The summed E-state index contributed by atoms with van der Waals surface area (Å²) in [5.74, 6) is 0.292. The van der Waals surface area contributed by atoms with E-state index in [1.54, 1.807) is 31.4 Å². The Balaban J connectivity index is 2.20. The van der Waals surface area contributed by atoms with Crippen LogP contribution < -0.4 is 10.1 Å². The van der Waals surface area contributed by atoms with Crippen LogP contribution in [-0.2, 0) is 0 Å².